The molecule has 3 aromatic rings. The molecule has 2 unspecified atom stereocenters. The predicted molar refractivity (Wildman–Crippen MR) is 143 cm³/mol. The average molecular weight is 490 g/mol. The quantitative estimate of drug-likeness (QED) is 0.345. The number of aryl methyl sites for hydroxylation is 1. The Hall–Kier alpha value is -3.34. The Morgan fingerprint density at radius 3 is 2.39 bits per heavy atom. The summed E-state index contributed by atoms with van der Waals surface area (Å²) in [5.41, 5.74) is 6.20. The largest absolute Gasteiger partial charge is 0.497 e. The molecule has 0 spiro atoms. The zero-order valence-electron chi connectivity index (χ0n) is 21.7. The highest BCUT2D eigenvalue weighted by Crippen LogP contribution is 2.39. The number of fused-ring (bicyclic) bond motifs is 1. The lowest BCUT2D eigenvalue weighted by Gasteiger charge is -2.37. The van der Waals surface area contributed by atoms with Crippen molar-refractivity contribution in [2.75, 3.05) is 26.2 Å². The first-order valence-electron chi connectivity index (χ1n) is 12.8. The lowest BCUT2D eigenvalue weighted by Crippen LogP contribution is -2.29. The van der Waals surface area contributed by atoms with Crippen molar-refractivity contribution in [1.29, 1.82) is 0 Å². The molecule has 0 aromatic heterocycles. The smallest absolute Gasteiger partial charge is 0.308 e. The van der Waals surface area contributed by atoms with Gasteiger partial charge in [-0.1, -0.05) is 62.6 Å². The third-order valence-electron chi connectivity index (χ3n) is 6.96. The Labute approximate surface area is 214 Å². The van der Waals surface area contributed by atoms with Crippen LogP contribution in [0.2, 0.25) is 0 Å². The molecule has 0 bridgehead atoms. The Morgan fingerprint density at radius 1 is 1.03 bits per heavy atom. The van der Waals surface area contributed by atoms with Crippen molar-refractivity contribution in [1.82, 2.24) is 0 Å². The summed E-state index contributed by atoms with van der Waals surface area (Å²) in [6.45, 7) is 1.89. The molecule has 1 heterocycles. The minimum atomic E-state index is -0.263. The summed E-state index contributed by atoms with van der Waals surface area (Å²) in [5, 5.41) is 0. The highest BCUT2D eigenvalue weighted by molar-refractivity contribution is 5.72. The van der Waals surface area contributed by atoms with E-state index in [-0.39, 0.29) is 23.7 Å². The first-order chi connectivity index (χ1) is 17.4. The van der Waals surface area contributed by atoms with E-state index >= 15 is 0 Å². The van der Waals surface area contributed by atoms with Crippen molar-refractivity contribution in [3.63, 3.8) is 0 Å². The number of ether oxygens (including phenoxy) is 2. The van der Waals surface area contributed by atoms with Crippen molar-refractivity contribution >= 4 is 11.7 Å². The second-order valence-corrected chi connectivity index (χ2v) is 9.79. The van der Waals surface area contributed by atoms with Gasteiger partial charge in [0.05, 0.1) is 26.2 Å². The second-order valence-electron chi connectivity index (χ2n) is 9.79. The fourth-order valence-corrected chi connectivity index (χ4v) is 4.70. The number of carbonyl (C=O) groups excluding carboxylic acids is 1. The number of esters is 1. The fraction of sp³-hybridized carbons (Fsp3) is 0.387. The number of anilines is 1. The molecule has 1 aliphatic carbocycles. The van der Waals surface area contributed by atoms with E-state index in [0.29, 0.717) is 17.7 Å². The van der Waals surface area contributed by atoms with Gasteiger partial charge >= 0.3 is 5.97 Å². The van der Waals surface area contributed by atoms with Crippen molar-refractivity contribution in [2.45, 2.75) is 51.5 Å². The SMILES string of the molecule is C1CC1.COC(=O)C(C)Cc1ccc2c(c1)N(C)C(c1ccc(-c3cc(OC)ccc3F)cc1)CC2. The van der Waals surface area contributed by atoms with Crippen LogP contribution in [0.4, 0.5) is 10.1 Å². The van der Waals surface area contributed by atoms with Crippen LogP contribution in [0.25, 0.3) is 11.1 Å². The van der Waals surface area contributed by atoms with E-state index in [2.05, 4.69) is 42.3 Å². The van der Waals surface area contributed by atoms with Gasteiger partial charge < -0.3 is 14.4 Å². The lowest BCUT2D eigenvalue weighted by molar-refractivity contribution is -0.144. The molecular formula is C31H36FNO3. The molecule has 0 N–H and O–H groups in total. The molecule has 2 atom stereocenters. The zero-order chi connectivity index (χ0) is 25.7. The number of hydrogen-bond donors (Lipinski definition) is 0. The number of rotatable bonds is 6. The average Bonchev–Trinajstić information content (AvgIpc) is 3.79. The number of carbonyl (C=O) groups is 1. The van der Waals surface area contributed by atoms with Gasteiger partial charge in [0.2, 0.25) is 0 Å². The molecule has 3 aromatic carbocycles. The molecule has 0 saturated heterocycles. The molecule has 36 heavy (non-hydrogen) atoms. The molecule has 2 aliphatic rings. The van der Waals surface area contributed by atoms with Gasteiger partial charge in [-0.25, -0.2) is 4.39 Å². The van der Waals surface area contributed by atoms with E-state index in [9.17, 15) is 9.18 Å². The van der Waals surface area contributed by atoms with E-state index in [1.54, 1.807) is 19.2 Å². The maximum atomic E-state index is 14.4. The van der Waals surface area contributed by atoms with Gasteiger partial charge in [-0.15, -0.1) is 0 Å². The van der Waals surface area contributed by atoms with Crippen LogP contribution in [0.5, 0.6) is 5.75 Å². The Bertz CT molecular complexity index is 1190. The normalized spacial score (nSPS) is 16.8. The van der Waals surface area contributed by atoms with Crippen LogP contribution >= 0.6 is 0 Å². The van der Waals surface area contributed by atoms with Crippen LogP contribution in [-0.2, 0) is 22.4 Å². The number of methoxy groups -OCH3 is 2. The third-order valence-corrected chi connectivity index (χ3v) is 6.96. The van der Waals surface area contributed by atoms with Crippen molar-refractivity contribution < 1.29 is 18.7 Å². The van der Waals surface area contributed by atoms with Gasteiger partial charge in [-0.2, -0.15) is 0 Å². The zero-order valence-corrected chi connectivity index (χ0v) is 21.7. The van der Waals surface area contributed by atoms with Crippen LogP contribution in [-0.4, -0.2) is 27.2 Å². The summed E-state index contributed by atoms with van der Waals surface area (Å²) < 4.78 is 24.5. The van der Waals surface area contributed by atoms with Crippen LogP contribution < -0.4 is 9.64 Å². The summed E-state index contributed by atoms with van der Waals surface area (Å²) in [4.78, 5) is 14.1. The third kappa shape index (κ3) is 6.07. The van der Waals surface area contributed by atoms with Gasteiger partial charge in [0, 0.05) is 18.3 Å². The minimum Gasteiger partial charge on any atom is -0.497 e. The molecular weight excluding hydrogens is 453 g/mol. The number of benzene rings is 3. The van der Waals surface area contributed by atoms with E-state index in [1.165, 1.54) is 49.3 Å². The summed E-state index contributed by atoms with van der Waals surface area (Å²) >= 11 is 0. The lowest BCUT2D eigenvalue weighted by atomic mass is 9.89. The monoisotopic (exact) mass is 489 g/mol. The van der Waals surface area contributed by atoms with Crippen molar-refractivity contribution in [3.05, 3.63) is 83.2 Å². The topological polar surface area (TPSA) is 38.8 Å². The maximum Gasteiger partial charge on any atom is 0.308 e. The number of hydrogen-bond acceptors (Lipinski definition) is 4. The van der Waals surface area contributed by atoms with Gasteiger partial charge in [-0.05, 0) is 65.8 Å². The molecule has 5 rings (SSSR count). The van der Waals surface area contributed by atoms with Gasteiger partial charge in [-0.3, -0.25) is 4.79 Å². The number of halogens is 1. The molecule has 0 amide bonds. The van der Waals surface area contributed by atoms with Crippen LogP contribution in [0.15, 0.2) is 60.7 Å². The van der Waals surface area contributed by atoms with E-state index in [4.69, 9.17) is 9.47 Å². The molecule has 4 nitrogen and oxygen atoms in total. The van der Waals surface area contributed by atoms with Crippen molar-refractivity contribution in [2.24, 2.45) is 5.92 Å². The van der Waals surface area contributed by atoms with E-state index in [1.807, 2.05) is 19.1 Å². The molecule has 0 radical (unpaired) electrons. The van der Waals surface area contributed by atoms with Crippen LogP contribution in [0.3, 0.4) is 0 Å². The predicted octanol–water partition coefficient (Wildman–Crippen LogP) is 7.15. The maximum absolute atomic E-state index is 14.4. The van der Waals surface area contributed by atoms with Gasteiger partial charge in [0.15, 0.2) is 0 Å². The minimum absolute atomic E-state index is 0.178. The highest BCUT2D eigenvalue weighted by Gasteiger charge is 2.25. The van der Waals surface area contributed by atoms with Gasteiger partial charge in [0.1, 0.15) is 11.6 Å². The Kier molecular flexibility index (Phi) is 8.29. The van der Waals surface area contributed by atoms with Crippen LogP contribution in [0.1, 0.15) is 55.3 Å². The fourth-order valence-electron chi connectivity index (χ4n) is 4.70. The first kappa shape index (κ1) is 25.7. The molecule has 190 valence electrons. The Balaban J connectivity index is 0.000000943. The standard InChI is InChI=1S/C28H30FNO3.C3H6/c1-18(28(31)33-4)15-19-5-6-22-11-14-26(30(2)27(22)16-19)21-9-7-20(8-10-21)24-17-23(32-3)12-13-25(24)29;1-2-3-1/h5-10,12-13,16-18,26H,11,14-15H2,1-4H3;1-3H2. The summed E-state index contributed by atoms with van der Waals surface area (Å²) in [5.74, 6) is 0.00574. The summed E-state index contributed by atoms with van der Waals surface area (Å²) in [7, 11) is 5.13. The molecule has 1 fully saturated rings. The molecule has 1 aliphatic heterocycles. The Morgan fingerprint density at radius 2 is 1.75 bits per heavy atom. The first-order valence-corrected chi connectivity index (χ1v) is 12.8. The van der Waals surface area contributed by atoms with Crippen molar-refractivity contribution in [3.8, 4) is 16.9 Å². The highest BCUT2D eigenvalue weighted by atomic mass is 19.1. The summed E-state index contributed by atoms with van der Waals surface area (Å²) in [6, 6.07) is 19.6. The number of nitrogens with zero attached hydrogens (tertiary/aromatic N) is 1. The summed E-state index contributed by atoms with van der Waals surface area (Å²) in [6.07, 6.45) is 7.15. The van der Waals surface area contributed by atoms with Crippen LogP contribution in [0, 0.1) is 11.7 Å². The van der Waals surface area contributed by atoms with Gasteiger partial charge in [0.25, 0.3) is 0 Å². The second kappa shape index (κ2) is 11.6. The molecule has 1 saturated carbocycles. The van der Waals surface area contributed by atoms with E-state index in [0.717, 1.165) is 24.0 Å². The molecule has 5 heteroatoms. The van der Waals surface area contributed by atoms with E-state index < -0.39 is 0 Å².